The third-order valence-electron chi connectivity index (χ3n) is 5.87. The van der Waals surface area contributed by atoms with Crippen molar-refractivity contribution < 1.29 is 9.53 Å². The molecule has 162 valence electrons. The molecule has 0 radical (unpaired) electrons. The number of likely N-dealkylation sites (tertiary alicyclic amines) is 1. The smallest absolute Gasteiger partial charge is 0.413 e. The molecule has 3 rings (SSSR count). The van der Waals surface area contributed by atoms with E-state index in [0.29, 0.717) is 24.7 Å². The maximum Gasteiger partial charge on any atom is 0.413 e. The summed E-state index contributed by atoms with van der Waals surface area (Å²) in [6.07, 6.45) is 0.751. The first-order valence-corrected chi connectivity index (χ1v) is 10.9. The molecule has 0 atom stereocenters. The summed E-state index contributed by atoms with van der Waals surface area (Å²) in [5.74, 6) is 1.000. The minimum absolute atomic E-state index is 0.455. The van der Waals surface area contributed by atoms with Gasteiger partial charge >= 0.3 is 6.09 Å². The molecule has 2 aromatic carbocycles. The van der Waals surface area contributed by atoms with E-state index >= 15 is 0 Å². The number of nitrogens with one attached hydrogen (secondary N) is 1. The molecule has 0 spiro atoms. The zero-order chi connectivity index (χ0) is 21.7. The Kier molecular flexibility index (Phi) is 7.16. The molecule has 3 N–H and O–H groups in total. The van der Waals surface area contributed by atoms with Gasteiger partial charge in [0.05, 0.1) is 0 Å². The second-order valence-corrected chi connectivity index (χ2v) is 9.03. The SMILES string of the molecule is CC(C)c1ccc(CN2CCC(N)(OC(=O)Nc3ccc(C(C)C)cc3)CC2)cc1. The zero-order valence-corrected chi connectivity index (χ0v) is 18.7. The lowest BCUT2D eigenvalue weighted by Crippen LogP contribution is -2.53. The maximum atomic E-state index is 12.3. The van der Waals surface area contributed by atoms with Crippen LogP contribution < -0.4 is 11.1 Å². The van der Waals surface area contributed by atoms with Crippen LogP contribution in [0.5, 0.6) is 0 Å². The van der Waals surface area contributed by atoms with Gasteiger partial charge in [-0.05, 0) is 40.7 Å². The molecule has 1 heterocycles. The van der Waals surface area contributed by atoms with Crippen molar-refractivity contribution >= 4 is 11.8 Å². The van der Waals surface area contributed by atoms with Gasteiger partial charge in [-0.15, -0.1) is 0 Å². The van der Waals surface area contributed by atoms with Gasteiger partial charge in [0.25, 0.3) is 0 Å². The molecule has 0 bridgehead atoms. The highest BCUT2D eigenvalue weighted by Crippen LogP contribution is 2.24. The molecular weight excluding hydrogens is 374 g/mol. The van der Waals surface area contributed by atoms with E-state index < -0.39 is 11.8 Å². The molecule has 0 saturated carbocycles. The fourth-order valence-corrected chi connectivity index (χ4v) is 3.74. The molecule has 1 amide bonds. The summed E-state index contributed by atoms with van der Waals surface area (Å²) in [5.41, 5.74) is 10.1. The second kappa shape index (κ2) is 9.63. The van der Waals surface area contributed by atoms with E-state index in [0.717, 1.165) is 25.3 Å². The van der Waals surface area contributed by atoms with Crippen molar-refractivity contribution in [2.75, 3.05) is 18.4 Å². The maximum absolute atomic E-state index is 12.3. The summed E-state index contributed by atoms with van der Waals surface area (Å²) in [6, 6.07) is 16.6. The second-order valence-electron chi connectivity index (χ2n) is 9.03. The minimum atomic E-state index is -0.917. The highest BCUT2D eigenvalue weighted by molar-refractivity contribution is 5.84. The van der Waals surface area contributed by atoms with E-state index in [9.17, 15) is 4.79 Å². The van der Waals surface area contributed by atoms with Crippen molar-refractivity contribution in [2.45, 2.75) is 64.6 Å². The van der Waals surface area contributed by atoms with E-state index in [-0.39, 0.29) is 0 Å². The van der Waals surface area contributed by atoms with Gasteiger partial charge in [0, 0.05) is 38.2 Å². The molecule has 5 nitrogen and oxygen atoms in total. The lowest BCUT2D eigenvalue weighted by atomic mass is 9.99. The van der Waals surface area contributed by atoms with E-state index in [1.807, 2.05) is 24.3 Å². The molecule has 0 aromatic heterocycles. The molecular formula is C25H35N3O2. The first-order chi connectivity index (χ1) is 14.2. The minimum Gasteiger partial charge on any atom is -0.428 e. The average molecular weight is 410 g/mol. The first-order valence-electron chi connectivity index (χ1n) is 10.9. The quantitative estimate of drug-likeness (QED) is 0.624. The molecule has 2 aromatic rings. The Labute approximate surface area is 180 Å². The summed E-state index contributed by atoms with van der Waals surface area (Å²) < 4.78 is 5.60. The van der Waals surface area contributed by atoms with Crippen LogP contribution in [0.25, 0.3) is 0 Å². The van der Waals surface area contributed by atoms with Crippen molar-refractivity contribution in [1.29, 1.82) is 0 Å². The van der Waals surface area contributed by atoms with Gasteiger partial charge in [0.1, 0.15) is 0 Å². The molecule has 30 heavy (non-hydrogen) atoms. The number of carbonyl (C=O) groups excluding carboxylic acids is 1. The highest BCUT2D eigenvalue weighted by atomic mass is 16.6. The van der Waals surface area contributed by atoms with Crippen molar-refractivity contribution in [3.8, 4) is 0 Å². The predicted octanol–water partition coefficient (Wildman–Crippen LogP) is 5.43. The lowest BCUT2D eigenvalue weighted by molar-refractivity contribution is -0.0269. The average Bonchev–Trinajstić information content (AvgIpc) is 2.70. The third kappa shape index (κ3) is 6.07. The van der Waals surface area contributed by atoms with Crippen LogP contribution in [0, 0.1) is 0 Å². The van der Waals surface area contributed by atoms with E-state index in [1.54, 1.807) is 0 Å². The number of anilines is 1. The fraction of sp³-hybridized carbons (Fsp3) is 0.480. The van der Waals surface area contributed by atoms with E-state index in [1.165, 1.54) is 16.7 Å². The number of benzene rings is 2. The van der Waals surface area contributed by atoms with Crippen molar-refractivity contribution in [1.82, 2.24) is 4.90 Å². The molecule has 0 unspecified atom stereocenters. The number of amides is 1. The number of hydrogen-bond acceptors (Lipinski definition) is 4. The highest BCUT2D eigenvalue weighted by Gasteiger charge is 2.34. The lowest BCUT2D eigenvalue weighted by Gasteiger charge is -2.38. The summed E-state index contributed by atoms with van der Waals surface area (Å²) in [7, 11) is 0. The van der Waals surface area contributed by atoms with Crippen LogP contribution in [0.1, 0.15) is 69.1 Å². The van der Waals surface area contributed by atoms with Gasteiger partial charge in [-0.1, -0.05) is 64.1 Å². The van der Waals surface area contributed by atoms with Crippen LogP contribution in [0.2, 0.25) is 0 Å². The molecule has 1 aliphatic rings. The van der Waals surface area contributed by atoms with Gasteiger partial charge in [-0.3, -0.25) is 16.0 Å². The van der Waals surface area contributed by atoms with Crippen molar-refractivity contribution in [3.63, 3.8) is 0 Å². The van der Waals surface area contributed by atoms with Gasteiger partial charge < -0.3 is 4.74 Å². The van der Waals surface area contributed by atoms with Crippen LogP contribution in [0.3, 0.4) is 0 Å². The number of hydrogen-bond donors (Lipinski definition) is 2. The Morgan fingerprint density at radius 1 is 0.967 bits per heavy atom. The normalized spacial score (nSPS) is 16.6. The van der Waals surface area contributed by atoms with Crippen molar-refractivity contribution in [3.05, 3.63) is 65.2 Å². The molecule has 5 heteroatoms. The molecule has 1 saturated heterocycles. The van der Waals surface area contributed by atoms with Crippen LogP contribution in [-0.4, -0.2) is 29.8 Å². The Balaban J connectivity index is 1.47. The van der Waals surface area contributed by atoms with Crippen LogP contribution in [-0.2, 0) is 11.3 Å². The number of nitrogens with zero attached hydrogens (tertiary/aromatic N) is 1. The monoisotopic (exact) mass is 409 g/mol. The number of rotatable bonds is 6. The van der Waals surface area contributed by atoms with Crippen molar-refractivity contribution in [2.24, 2.45) is 5.73 Å². The third-order valence-corrected chi connectivity index (χ3v) is 5.87. The molecule has 0 aliphatic carbocycles. The number of nitrogens with two attached hydrogens (primary N) is 1. The van der Waals surface area contributed by atoms with Gasteiger partial charge in [-0.25, -0.2) is 4.79 Å². The Hall–Kier alpha value is -2.37. The van der Waals surface area contributed by atoms with Gasteiger partial charge in [0.15, 0.2) is 5.72 Å². The zero-order valence-electron chi connectivity index (χ0n) is 18.7. The Morgan fingerprint density at radius 2 is 1.47 bits per heavy atom. The molecule has 1 fully saturated rings. The Morgan fingerprint density at radius 3 is 1.97 bits per heavy atom. The molecule has 1 aliphatic heterocycles. The van der Waals surface area contributed by atoms with E-state index in [2.05, 4.69) is 62.2 Å². The summed E-state index contributed by atoms with van der Waals surface area (Å²) in [6.45, 7) is 11.2. The largest absolute Gasteiger partial charge is 0.428 e. The number of piperidine rings is 1. The van der Waals surface area contributed by atoms with Gasteiger partial charge in [-0.2, -0.15) is 0 Å². The topological polar surface area (TPSA) is 67.6 Å². The van der Waals surface area contributed by atoms with Crippen LogP contribution in [0.4, 0.5) is 10.5 Å². The van der Waals surface area contributed by atoms with Crippen LogP contribution in [0.15, 0.2) is 48.5 Å². The summed E-state index contributed by atoms with van der Waals surface area (Å²) >= 11 is 0. The first kappa shape index (κ1) is 22.3. The standard InChI is InChI=1S/C25H35N3O2/c1-18(2)21-7-5-20(6-8-21)17-28-15-13-25(26,14-16-28)30-24(29)27-23-11-9-22(10-12-23)19(3)4/h5-12,18-19H,13-17,26H2,1-4H3,(H,27,29). The summed E-state index contributed by atoms with van der Waals surface area (Å²) in [5, 5.41) is 2.79. The predicted molar refractivity (Wildman–Crippen MR) is 123 cm³/mol. The Bertz CT molecular complexity index is 820. The number of carbonyl (C=O) groups is 1. The number of ether oxygens (including phenoxy) is 1. The van der Waals surface area contributed by atoms with E-state index in [4.69, 9.17) is 10.5 Å². The van der Waals surface area contributed by atoms with Crippen LogP contribution >= 0.6 is 0 Å². The fourth-order valence-electron chi connectivity index (χ4n) is 3.74. The summed E-state index contributed by atoms with van der Waals surface area (Å²) in [4.78, 5) is 14.7. The van der Waals surface area contributed by atoms with Gasteiger partial charge in [0.2, 0.25) is 0 Å².